The molecule has 126 valence electrons. The molecule has 1 fully saturated rings. The second-order valence-electron chi connectivity index (χ2n) is 6.12. The highest BCUT2D eigenvalue weighted by Gasteiger charge is 2.28. The molecule has 2 aliphatic rings. The molecule has 1 aromatic rings. The van der Waals surface area contributed by atoms with Gasteiger partial charge in [0, 0.05) is 36.7 Å². The third kappa shape index (κ3) is 3.45. The van der Waals surface area contributed by atoms with Crippen LogP contribution < -0.4 is 10.9 Å². The zero-order chi connectivity index (χ0) is 16.4. The molecule has 1 aromatic heterocycles. The van der Waals surface area contributed by atoms with Gasteiger partial charge in [0.25, 0.3) is 5.56 Å². The number of carbonyl (C=O) groups is 1. The van der Waals surface area contributed by atoms with E-state index in [0.29, 0.717) is 25.3 Å². The largest absolute Gasteiger partial charge is 0.376 e. The molecule has 0 saturated carbocycles. The number of rotatable bonds is 4. The summed E-state index contributed by atoms with van der Waals surface area (Å²) < 4.78 is 7.19. The van der Waals surface area contributed by atoms with E-state index in [4.69, 9.17) is 4.74 Å². The first-order valence-corrected chi connectivity index (χ1v) is 9.21. The molecule has 2 unspecified atom stereocenters. The van der Waals surface area contributed by atoms with Crippen molar-refractivity contribution >= 4 is 17.7 Å². The lowest BCUT2D eigenvalue weighted by atomic mass is 10.1. The molecular weight excluding hydrogens is 314 g/mol. The summed E-state index contributed by atoms with van der Waals surface area (Å²) in [4.78, 5) is 29.5. The summed E-state index contributed by atoms with van der Waals surface area (Å²) in [5.74, 6) is 0.472. The predicted octanol–water partition coefficient (Wildman–Crippen LogP) is 1.13. The van der Waals surface area contributed by atoms with E-state index in [2.05, 4.69) is 10.3 Å². The Labute approximate surface area is 140 Å². The monoisotopic (exact) mass is 337 g/mol. The molecule has 7 heteroatoms. The summed E-state index contributed by atoms with van der Waals surface area (Å²) >= 11 is 1.49. The highest BCUT2D eigenvalue weighted by Crippen LogP contribution is 2.26. The average Bonchev–Trinajstić information content (AvgIpc) is 3.06. The number of aryl methyl sites for hydroxylation is 1. The number of amides is 1. The lowest BCUT2D eigenvalue weighted by molar-refractivity contribution is -0.125. The number of nitrogens with one attached hydrogen (secondary N) is 1. The van der Waals surface area contributed by atoms with Crippen molar-refractivity contribution in [3.8, 4) is 0 Å². The average molecular weight is 337 g/mol. The van der Waals surface area contributed by atoms with Gasteiger partial charge in [-0.1, -0.05) is 18.7 Å². The fourth-order valence-corrected chi connectivity index (χ4v) is 4.25. The van der Waals surface area contributed by atoms with Crippen LogP contribution in [0.25, 0.3) is 0 Å². The molecule has 1 N–H and O–H groups in total. The van der Waals surface area contributed by atoms with Crippen molar-refractivity contribution in [3.63, 3.8) is 0 Å². The molecule has 2 atom stereocenters. The van der Waals surface area contributed by atoms with E-state index in [-0.39, 0.29) is 23.5 Å². The van der Waals surface area contributed by atoms with Crippen molar-refractivity contribution in [2.75, 3.05) is 18.9 Å². The Balaban J connectivity index is 1.69. The first-order chi connectivity index (χ1) is 11.1. The highest BCUT2D eigenvalue weighted by molar-refractivity contribution is 7.99. The Kier molecular flexibility index (Phi) is 5.06. The minimum absolute atomic E-state index is 0.000809. The first-order valence-electron chi connectivity index (χ1n) is 8.22. The molecule has 3 rings (SSSR count). The Hall–Kier alpha value is -1.34. The molecule has 0 bridgehead atoms. The van der Waals surface area contributed by atoms with Crippen LogP contribution in [0.4, 0.5) is 0 Å². The van der Waals surface area contributed by atoms with Gasteiger partial charge in [0.2, 0.25) is 5.91 Å². The van der Waals surface area contributed by atoms with Gasteiger partial charge in [-0.2, -0.15) is 0 Å². The molecule has 2 aliphatic heterocycles. The van der Waals surface area contributed by atoms with Crippen LogP contribution in [0.2, 0.25) is 0 Å². The molecule has 1 saturated heterocycles. The van der Waals surface area contributed by atoms with E-state index in [9.17, 15) is 9.59 Å². The Morgan fingerprint density at radius 1 is 1.52 bits per heavy atom. The van der Waals surface area contributed by atoms with Crippen molar-refractivity contribution in [2.45, 2.75) is 50.9 Å². The van der Waals surface area contributed by atoms with Crippen LogP contribution in [0.3, 0.4) is 0 Å². The zero-order valence-electron chi connectivity index (χ0n) is 13.6. The van der Waals surface area contributed by atoms with Crippen LogP contribution in [0.1, 0.15) is 31.0 Å². The first kappa shape index (κ1) is 16.5. The summed E-state index contributed by atoms with van der Waals surface area (Å²) in [6.45, 7) is 5.60. The van der Waals surface area contributed by atoms with Crippen molar-refractivity contribution < 1.29 is 9.53 Å². The Morgan fingerprint density at radius 2 is 2.35 bits per heavy atom. The Bertz CT molecular complexity index is 653. The van der Waals surface area contributed by atoms with Gasteiger partial charge in [-0.25, -0.2) is 4.98 Å². The third-order valence-electron chi connectivity index (χ3n) is 4.50. The van der Waals surface area contributed by atoms with E-state index >= 15 is 0 Å². The van der Waals surface area contributed by atoms with Crippen molar-refractivity contribution in [1.29, 1.82) is 0 Å². The molecule has 23 heavy (non-hydrogen) atoms. The third-order valence-corrected chi connectivity index (χ3v) is 5.64. The van der Waals surface area contributed by atoms with Crippen LogP contribution in [-0.2, 0) is 22.5 Å². The van der Waals surface area contributed by atoms with E-state index in [0.717, 1.165) is 35.9 Å². The topological polar surface area (TPSA) is 73.2 Å². The SMILES string of the molecule is CCc1c(C)nc2n(c1=O)CC(C(=O)NCC1CCCO1)CS2. The number of thioether (sulfide) groups is 1. The number of ether oxygens (including phenoxy) is 1. The molecule has 0 radical (unpaired) electrons. The van der Waals surface area contributed by atoms with E-state index in [1.165, 1.54) is 11.8 Å². The molecule has 1 amide bonds. The number of hydrogen-bond donors (Lipinski definition) is 1. The van der Waals surface area contributed by atoms with Crippen LogP contribution in [0.5, 0.6) is 0 Å². The maximum Gasteiger partial charge on any atom is 0.257 e. The quantitative estimate of drug-likeness (QED) is 0.834. The van der Waals surface area contributed by atoms with Gasteiger partial charge >= 0.3 is 0 Å². The van der Waals surface area contributed by atoms with Gasteiger partial charge in [-0.3, -0.25) is 14.2 Å². The molecule has 6 nitrogen and oxygen atoms in total. The van der Waals surface area contributed by atoms with Crippen LogP contribution in [-0.4, -0.2) is 40.5 Å². The smallest absolute Gasteiger partial charge is 0.257 e. The van der Waals surface area contributed by atoms with Crippen LogP contribution in [0, 0.1) is 12.8 Å². The van der Waals surface area contributed by atoms with Crippen LogP contribution >= 0.6 is 11.8 Å². The van der Waals surface area contributed by atoms with Gasteiger partial charge < -0.3 is 10.1 Å². The second kappa shape index (κ2) is 7.05. The maximum atomic E-state index is 12.6. The lowest BCUT2D eigenvalue weighted by Gasteiger charge is -2.25. The van der Waals surface area contributed by atoms with Crippen molar-refractivity contribution in [1.82, 2.24) is 14.9 Å². The predicted molar refractivity (Wildman–Crippen MR) is 88.8 cm³/mol. The van der Waals surface area contributed by atoms with Gasteiger partial charge in [-0.05, 0) is 26.2 Å². The molecule has 3 heterocycles. The highest BCUT2D eigenvalue weighted by atomic mass is 32.2. The standard InChI is InChI=1S/C16H23N3O3S/c1-3-13-10(2)18-16-19(15(13)21)8-11(9-23-16)14(20)17-7-12-5-4-6-22-12/h11-12H,3-9H2,1-2H3,(H,17,20). The summed E-state index contributed by atoms with van der Waals surface area (Å²) in [5, 5.41) is 3.70. The summed E-state index contributed by atoms with van der Waals surface area (Å²) in [7, 11) is 0. The van der Waals surface area contributed by atoms with Crippen molar-refractivity contribution in [3.05, 3.63) is 21.6 Å². The van der Waals surface area contributed by atoms with E-state index < -0.39 is 0 Å². The van der Waals surface area contributed by atoms with Gasteiger partial charge in [0.05, 0.1) is 12.0 Å². The molecule has 0 aromatic carbocycles. The molecule has 0 spiro atoms. The molecular formula is C16H23N3O3S. The summed E-state index contributed by atoms with van der Waals surface area (Å²) in [6.07, 6.45) is 2.87. The van der Waals surface area contributed by atoms with E-state index in [1.54, 1.807) is 4.57 Å². The summed E-state index contributed by atoms with van der Waals surface area (Å²) in [6, 6.07) is 0. The summed E-state index contributed by atoms with van der Waals surface area (Å²) in [5.41, 5.74) is 1.55. The van der Waals surface area contributed by atoms with Crippen molar-refractivity contribution in [2.24, 2.45) is 5.92 Å². The van der Waals surface area contributed by atoms with Crippen LogP contribution in [0.15, 0.2) is 9.95 Å². The number of fused-ring (bicyclic) bond motifs is 1. The number of hydrogen-bond acceptors (Lipinski definition) is 5. The minimum atomic E-state index is -0.194. The Morgan fingerprint density at radius 3 is 3.04 bits per heavy atom. The van der Waals surface area contributed by atoms with Gasteiger partial charge in [0.1, 0.15) is 0 Å². The van der Waals surface area contributed by atoms with Gasteiger partial charge in [0.15, 0.2) is 5.16 Å². The zero-order valence-corrected chi connectivity index (χ0v) is 14.4. The fraction of sp³-hybridized carbons (Fsp3) is 0.688. The molecule has 0 aliphatic carbocycles. The normalized spacial score (nSPS) is 23.6. The maximum absolute atomic E-state index is 12.6. The second-order valence-corrected chi connectivity index (χ2v) is 7.10. The number of carbonyl (C=O) groups excluding carboxylic acids is 1. The lowest BCUT2D eigenvalue weighted by Crippen LogP contribution is -2.42. The number of nitrogens with zero attached hydrogens (tertiary/aromatic N) is 2. The minimum Gasteiger partial charge on any atom is -0.376 e. The van der Waals surface area contributed by atoms with E-state index in [1.807, 2.05) is 13.8 Å². The fourth-order valence-electron chi connectivity index (χ4n) is 3.12. The number of aromatic nitrogens is 2. The van der Waals surface area contributed by atoms with Gasteiger partial charge in [-0.15, -0.1) is 0 Å².